The quantitative estimate of drug-likeness (QED) is 0.846. The smallest absolute Gasteiger partial charge is 0.131 e. The third-order valence-corrected chi connectivity index (χ3v) is 3.46. The molecule has 2 aromatic rings. The Balaban J connectivity index is 2.01. The maximum absolute atomic E-state index is 12.8. The summed E-state index contributed by atoms with van der Waals surface area (Å²) >= 11 is 3.41. The topological polar surface area (TPSA) is 16.1 Å². The zero-order valence-corrected chi connectivity index (χ0v) is 12.6. The molecule has 1 aromatic heterocycles. The first-order valence-electron chi connectivity index (χ1n) is 6.14. The summed E-state index contributed by atoms with van der Waals surface area (Å²) in [5, 5.41) is 0. The molecule has 0 aliphatic carbocycles. The normalized spacial score (nSPS) is 10.5. The molecule has 0 atom stereocenters. The minimum absolute atomic E-state index is 0.192. The minimum Gasteiger partial charge on any atom is -0.359 e. The molecule has 0 spiro atoms. The van der Waals surface area contributed by atoms with Crippen LogP contribution in [-0.2, 0) is 6.42 Å². The number of pyridine rings is 1. The van der Waals surface area contributed by atoms with Crippen molar-refractivity contribution in [3.63, 3.8) is 0 Å². The number of anilines is 1. The Labute approximate surface area is 121 Å². The van der Waals surface area contributed by atoms with Gasteiger partial charge < -0.3 is 4.90 Å². The lowest BCUT2D eigenvalue weighted by Crippen LogP contribution is -2.22. The number of aryl methyl sites for hydroxylation is 1. The van der Waals surface area contributed by atoms with Crippen molar-refractivity contribution in [2.45, 2.75) is 13.3 Å². The fourth-order valence-electron chi connectivity index (χ4n) is 1.99. The molecule has 4 heteroatoms. The van der Waals surface area contributed by atoms with Gasteiger partial charge in [-0.2, -0.15) is 0 Å². The highest BCUT2D eigenvalue weighted by molar-refractivity contribution is 9.10. The van der Waals surface area contributed by atoms with E-state index in [1.807, 2.05) is 26.1 Å². The highest BCUT2D eigenvalue weighted by Gasteiger charge is 2.06. The third-order valence-electron chi connectivity index (χ3n) is 3.03. The molecule has 0 N–H and O–H groups in total. The number of likely N-dealkylation sites (N-methyl/N-ethyl adjacent to an activating group) is 1. The Hall–Kier alpha value is -1.42. The maximum Gasteiger partial charge on any atom is 0.131 e. The number of halogens is 2. The molecule has 0 amide bonds. The van der Waals surface area contributed by atoms with Crippen molar-refractivity contribution in [2.75, 3.05) is 18.5 Å². The summed E-state index contributed by atoms with van der Waals surface area (Å²) in [6, 6.07) is 8.70. The largest absolute Gasteiger partial charge is 0.359 e. The van der Waals surface area contributed by atoms with Gasteiger partial charge in [0.1, 0.15) is 11.6 Å². The van der Waals surface area contributed by atoms with Crippen molar-refractivity contribution in [3.8, 4) is 0 Å². The zero-order chi connectivity index (χ0) is 13.8. The lowest BCUT2D eigenvalue weighted by molar-refractivity contribution is 0.627. The summed E-state index contributed by atoms with van der Waals surface area (Å²) in [6.45, 7) is 2.89. The van der Waals surface area contributed by atoms with Crippen LogP contribution in [0.3, 0.4) is 0 Å². The number of nitrogens with zero attached hydrogens (tertiary/aromatic N) is 2. The van der Waals surface area contributed by atoms with Crippen molar-refractivity contribution in [1.82, 2.24) is 4.98 Å². The predicted octanol–water partition coefficient (Wildman–Crippen LogP) is 3.97. The third kappa shape index (κ3) is 3.77. The summed E-state index contributed by atoms with van der Waals surface area (Å²) < 4.78 is 13.8. The van der Waals surface area contributed by atoms with Gasteiger partial charge in [0.25, 0.3) is 0 Å². The summed E-state index contributed by atoms with van der Waals surface area (Å²) in [7, 11) is 2.02. The second-order valence-electron chi connectivity index (χ2n) is 4.59. The van der Waals surface area contributed by atoms with Crippen LogP contribution in [0.2, 0.25) is 0 Å². The van der Waals surface area contributed by atoms with Crippen LogP contribution in [0.25, 0.3) is 0 Å². The highest BCUT2D eigenvalue weighted by atomic mass is 79.9. The summed E-state index contributed by atoms with van der Waals surface area (Å²) in [6.07, 6.45) is 2.67. The molecule has 0 radical (unpaired) electrons. The highest BCUT2D eigenvalue weighted by Crippen LogP contribution is 2.19. The van der Waals surface area contributed by atoms with Crippen LogP contribution in [0.1, 0.15) is 11.1 Å². The van der Waals surface area contributed by atoms with Gasteiger partial charge in [-0.15, -0.1) is 0 Å². The molecule has 19 heavy (non-hydrogen) atoms. The molecule has 2 nitrogen and oxygen atoms in total. The van der Waals surface area contributed by atoms with Gasteiger partial charge in [-0.25, -0.2) is 9.37 Å². The van der Waals surface area contributed by atoms with Crippen LogP contribution in [0.15, 0.2) is 41.0 Å². The maximum atomic E-state index is 12.8. The summed E-state index contributed by atoms with van der Waals surface area (Å²) in [5.41, 5.74) is 2.26. The van der Waals surface area contributed by atoms with E-state index in [1.54, 1.807) is 6.20 Å². The van der Waals surface area contributed by atoms with Gasteiger partial charge in [-0.05, 0) is 58.6 Å². The molecule has 100 valence electrons. The average molecular weight is 323 g/mol. The first kappa shape index (κ1) is 14.0. The molecule has 1 aromatic carbocycles. The predicted molar refractivity (Wildman–Crippen MR) is 80.0 cm³/mol. The van der Waals surface area contributed by atoms with Crippen molar-refractivity contribution in [3.05, 3.63) is 57.9 Å². The lowest BCUT2D eigenvalue weighted by Gasteiger charge is -2.20. The SMILES string of the molecule is Cc1cc(Br)cnc1N(C)CCc1ccc(F)cc1. The fraction of sp³-hybridized carbons (Fsp3) is 0.267. The number of hydrogen-bond acceptors (Lipinski definition) is 2. The molecule has 0 aliphatic rings. The number of hydrogen-bond donors (Lipinski definition) is 0. The molecule has 0 saturated heterocycles. The molecular formula is C15H16BrFN2. The van der Waals surface area contributed by atoms with Crippen molar-refractivity contribution in [1.29, 1.82) is 0 Å². The first-order valence-corrected chi connectivity index (χ1v) is 6.93. The van der Waals surface area contributed by atoms with Crippen LogP contribution in [0.5, 0.6) is 0 Å². The first-order chi connectivity index (χ1) is 9.06. The van der Waals surface area contributed by atoms with E-state index in [0.29, 0.717) is 0 Å². The van der Waals surface area contributed by atoms with E-state index >= 15 is 0 Å². The van der Waals surface area contributed by atoms with Crippen molar-refractivity contribution in [2.24, 2.45) is 0 Å². The molecule has 0 aliphatic heterocycles. The Morgan fingerprint density at radius 1 is 1.26 bits per heavy atom. The summed E-state index contributed by atoms with van der Waals surface area (Å²) in [4.78, 5) is 6.54. The van der Waals surface area contributed by atoms with E-state index in [2.05, 4.69) is 31.9 Å². The second kappa shape index (κ2) is 6.15. The van der Waals surface area contributed by atoms with Crippen LogP contribution in [0, 0.1) is 12.7 Å². The molecule has 0 unspecified atom stereocenters. The van der Waals surface area contributed by atoms with E-state index in [4.69, 9.17) is 0 Å². The van der Waals surface area contributed by atoms with Crippen LogP contribution >= 0.6 is 15.9 Å². The molecule has 1 heterocycles. The number of rotatable bonds is 4. The Morgan fingerprint density at radius 3 is 2.58 bits per heavy atom. The van der Waals surface area contributed by atoms with Crippen molar-refractivity contribution < 1.29 is 4.39 Å². The van der Waals surface area contributed by atoms with Crippen LogP contribution in [-0.4, -0.2) is 18.6 Å². The molecule has 0 bridgehead atoms. The van der Waals surface area contributed by atoms with E-state index in [9.17, 15) is 4.39 Å². The zero-order valence-electron chi connectivity index (χ0n) is 11.0. The molecular weight excluding hydrogens is 307 g/mol. The van der Waals surface area contributed by atoms with E-state index in [1.165, 1.54) is 12.1 Å². The Morgan fingerprint density at radius 2 is 1.95 bits per heavy atom. The molecule has 2 rings (SSSR count). The molecule has 0 fully saturated rings. The monoisotopic (exact) mass is 322 g/mol. The van der Waals surface area contributed by atoms with Crippen LogP contribution in [0.4, 0.5) is 10.2 Å². The number of aromatic nitrogens is 1. The van der Waals surface area contributed by atoms with Gasteiger partial charge in [0.2, 0.25) is 0 Å². The van der Waals surface area contributed by atoms with Gasteiger partial charge in [-0.1, -0.05) is 12.1 Å². The van der Waals surface area contributed by atoms with E-state index in [-0.39, 0.29) is 5.82 Å². The van der Waals surface area contributed by atoms with E-state index < -0.39 is 0 Å². The summed E-state index contributed by atoms with van der Waals surface area (Å²) in [5.74, 6) is 0.785. The van der Waals surface area contributed by atoms with Gasteiger partial charge in [-0.3, -0.25) is 0 Å². The Kier molecular flexibility index (Phi) is 4.53. The van der Waals surface area contributed by atoms with Crippen LogP contribution < -0.4 is 4.90 Å². The van der Waals surface area contributed by atoms with Crippen molar-refractivity contribution >= 4 is 21.7 Å². The second-order valence-corrected chi connectivity index (χ2v) is 5.51. The molecule has 0 saturated carbocycles. The Bertz CT molecular complexity index is 555. The van der Waals surface area contributed by atoms with Gasteiger partial charge in [0.15, 0.2) is 0 Å². The average Bonchev–Trinajstić information content (AvgIpc) is 2.37. The minimum atomic E-state index is -0.192. The number of benzene rings is 1. The fourth-order valence-corrected chi connectivity index (χ4v) is 2.43. The standard InChI is InChI=1S/C15H16BrFN2/c1-11-9-13(16)10-18-15(11)19(2)8-7-12-3-5-14(17)6-4-12/h3-6,9-10H,7-8H2,1-2H3. The van der Waals surface area contributed by atoms with Gasteiger partial charge >= 0.3 is 0 Å². The lowest BCUT2D eigenvalue weighted by atomic mass is 10.1. The van der Waals surface area contributed by atoms with Gasteiger partial charge in [0, 0.05) is 24.3 Å². The van der Waals surface area contributed by atoms with E-state index in [0.717, 1.165) is 34.4 Å². The van der Waals surface area contributed by atoms with Gasteiger partial charge in [0.05, 0.1) is 0 Å².